The molecule has 0 atom stereocenters. The van der Waals surface area contributed by atoms with Gasteiger partial charge in [-0.15, -0.1) is 0 Å². The molecule has 1 heterocycles. The van der Waals surface area contributed by atoms with E-state index < -0.39 is 0 Å². The Morgan fingerprint density at radius 3 is 2.62 bits per heavy atom. The number of benzene rings is 2. The summed E-state index contributed by atoms with van der Waals surface area (Å²) >= 11 is 0. The highest BCUT2D eigenvalue weighted by Gasteiger charge is 2.14. The lowest BCUT2D eigenvalue weighted by Crippen LogP contribution is -1.92. The topological polar surface area (TPSA) is 53.1 Å². The minimum Gasteiger partial charge on any atom is -0.341 e. The number of nitrogens with one attached hydrogen (secondary N) is 2. The van der Waals surface area contributed by atoms with Crippen LogP contribution in [0.3, 0.4) is 0 Å². The Balaban J connectivity index is 2.12. The quantitative estimate of drug-likeness (QED) is 0.516. The third-order valence-corrected chi connectivity index (χ3v) is 4.09. The lowest BCUT2D eigenvalue weighted by atomic mass is 10.0. The summed E-state index contributed by atoms with van der Waals surface area (Å²) in [7, 11) is 0. The Morgan fingerprint density at radius 2 is 1.96 bits per heavy atom. The Bertz CT molecular complexity index is 877. The molecule has 1 aromatic heterocycles. The minimum absolute atomic E-state index is 0.873. The molecule has 0 aliphatic carbocycles. The fraction of sp³-hybridized carbons (Fsp3) is 0.200. The van der Waals surface area contributed by atoms with E-state index in [4.69, 9.17) is 4.98 Å². The maximum Gasteiger partial charge on any atom is 0.106 e. The highest BCUT2D eigenvalue weighted by atomic mass is 15.3. The number of aryl methyl sites for hydroxylation is 3. The van der Waals surface area contributed by atoms with Gasteiger partial charge in [0, 0.05) is 24.3 Å². The normalized spacial score (nSPS) is 10.6. The summed E-state index contributed by atoms with van der Waals surface area (Å²) in [6.45, 7) is 9.74. The van der Waals surface area contributed by atoms with E-state index in [0.29, 0.717) is 0 Å². The van der Waals surface area contributed by atoms with E-state index in [2.05, 4.69) is 79.4 Å². The monoisotopic (exact) mass is 318 g/mol. The van der Waals surface area contributed by atoms with Crippen molar-refractivity contribution in [1.29, 1.82) is 0 Å². The van der Waals surface area contributed by atoms with Crippen LogP contribution in [0, 0.1) is 13.8 Å². The van der Waals surface area contributed by atoms with Crippen LogP contribution in [0.1, 0.15) is 23.9 Å². The molecule has 4 nitrogen and oxygen atoms in total. The van der Waals surface area contributed by atoms with E-state index in [0.717, 1.165) is 46.0 Å². The van der Waals surface area contributed by atoms with Crippen LogP contribution in [0.2, 0.25) is 0 Å². The van der Waals surface area contributed by atoms with Crippen LogP contribution in [-0.4, -0.2) is 16.7 Å². The molecule has 2 N–H and O–H groups in total. The molecule has 3 aromatic rings. The van der Waals surface area contributed by atoms with E-state index in [-0.39, 0.29) is 0 Å². The zero-order chi connectivity index (χ0) is 17.1. The number of anilines is 1. The van der Waals surface area contributed by atoms with Gasteiger partial charge in [0.15, 0.2) is 0 Å². The van der Waals surface area contributed by atoms with E-state index in [1.165, 1.54) is 5.56 Å². The Kier molecular flexibility index (Phi) is 4.47. The molecular formula is C20H22N4. The summed E-state index contributed by atoms with van der Waals surface area (Å²) in [6.07, 6.45) is 0.873. The van der Waals surface area contributed by atoms with Gasteiger partial charge < -0.3 is 4.98 Å². The number of hydrogen-bond donors (Lipinski definition) is 2. The van der Waals surface area contributed by atoms with Gasteiger partial charge in [0.2, 0.25) is 0 Å². The van der Waals surface area contributed by atoms with Crippen LogP contribution in [0.5, 0.6) is 0 Å². The number of hydrazone groups is 1. The third kappa shape index (κ3) is 3.08. The van der Waals surface area contributed by atoms with Crippen molar-refractivity contribution in [2.24, 2.45) is 5.10 Å². The van der Waals surface area contributed by atoms with Crippen molar-refractivity contribution in [2.75, 3.05) is 5.43 Å². The smallest absolute Gasteiger partial charge is 0.106 e. The Hall–Kier alpha value is -2.88. The van der Waals surface area contributed by atoms with Crippen LogP contribution in [0.15, 0.2) is 47.6 Å². The fourth-order valence-electron chi connectivity index (χ4n) is 2.83. The van der Waals surface area contributed by atoms with E-state index >= 15 is 0 Å². The van der Waals surface area contributed by atoms with Crippen LogP contribution >= 0.6 is 0 Å². The Labute approximate surface area is 142 Å². The summed E-state index contributed by atoms with van der Waals surface area (Å²) in [5, 5.41) is 3.74. The summed E-state index contributed by atoms with van der Waals surface area (Å²) in [4.78, 5) is 8.28. The SMILES string of the molecule is C=NNc1ccc(-c2[nH]c(CC)nc2-c2cccc(C)c2)cc1C. The van der Waals surface area contributed by atoms with Crippen molar-refractivity contribution in [3.8, 4) is 22.5 Å². The molecule has 0 radical (unpaired) electrons. The zero-order valence-corrected chi connectivity index (χ0v) is 14.4. The molecule has 122 valence electrons. The number of H-pyrrole nitrogens is 1. The molecule has 0 aliphatic heterocycles. The van der Waals surface area contributed by atoms with Gasteiger partial charge in [-0.25, -0.2) is 4.98 Å². The molecule has 0 fully saturated rings. The summed E-state index contributed by atoms with van der Waals surface area (Å²) in [6, 6.07) is 14.7. The standard InChI is InChI=1S/C20H22N4/c1-5-18-22-19(15-8-6-7-13(2)11-15)20(23-18)16-9-10-17(24-21-4)14(3)12-16/h6-12,24H,4-5H2,1-3H3,(H,22,23). The van der Waals surface area contributed by atoms with Gasteiger partial charge in [-0.05, 0) is 37.6 Å². The fourth-order valence-corrected chi connectivity index (χ4v) is 2.83. The maximum absolute atomic E-state index is 4.81. The highest BCUT2D eigenvalue weighted by Crippen LogP contribution is 2.32. The van der Waals surface area contributed by atoms with Crippen LogP contribution in [0.25, 0.3) is 22.5 Å². The Morgan fingerprint density at radius 1 is 1.12 bits per heavy atom. The van der Waals surface area contributed by atoms with Gasteiger partial charge in [-0.1, -0.05) is 36.8 Å². The average molecular weight is 318 g/mol. The van der Waals surface area contributed by atoms with Crippen molar-refractivity contribution in [1.82, 2.24) is 9.97 Å². The molecule has 0 bridgehead atoms. The minimum atomic E-state index is 0.873. The average Bonchev–Trinajstić information content (AvgIpc) is 3.01. The first-order valence-corrected chi connectivity index (χ1v) is 8.11. The third-order valence-electron chi connectivity index (χ3n) is 4.09. The van der Waals surface area contributed by atoms with Crippen LogP contribution in [0.4, 0.5) is 5.69 Å². The van der Waals surface area contributed by atoms with Crippen molar-refractivity contribution < 1.29 is 0 Å². The number of aromatic nitrogens is 2. The number of hydrogen-bond acceptors (Lipinski definition) is 3. The molecular weight excluding hydrogens is 296 g/mol. The number of nitrogens with zero attached hydrogens (tertiary/aromatic N) is 2. The first-order chi connectivity index (χ1) is 11.6. The molecule has 0 aliphatic rings. The van der Waals surface area contributed by atoms with Gasteiger partial charge in [-0.2, -0.15) is 5.10 Å². The predicted octanol–water partition coefficient (Wildman–Crippen LogP) is 4.95. The van der Waals surface area contributed by atoms with Crippen molar-refractivity contribution in [2.45, 2.75) is 27.2 Å². The number of imidazole rings is 1. The van der Waals surface area contributed by atoms with Gasteiger partial charge in [0.25, 0.3) is 0 Å². The summed E-state index contributed by atoms with van der Waals surface area (Å²) < 4.78 is 0. The lowest BCUT2D eigenvalue weighted by molar-refractivity contribution is 0.991. The second-order valence-electron chi connectivity index (χ2n) is 5.93. The predicted molar refractivity (Wildman–Crippen MR) is 101 cm³/mol. The van der Waals surface area contributed by atoms with E-state index in [1.807, 2.05) is 6.07 Å². The van der Waals surface area contributed by atoms with Crippen molar-refractivity contribution >= 4 is 12.4 Å². The molecule has 0 amide bonds. The number of rotatable bonds is 5. The summed E-state index contributed by atoms with van der Waals surface area (Å²) in [5.74, 6) is 0.995. The van der Waals surface area contributed by atoms with Gasteiger partial charge in [0.05, 0.1) is 17.1 Å². The first-order valence-electron chi connectivity index (χ1n) is 8.11. The van der Waals surface area contributed by atoms with Gasteiger partial charge in [0.1, 0.15) is 5.82 Å². The van der Waals surface area contributed by atoms with Crippen LogP contribution in [-0.2, 0) is 6.42 Å². The lowest BCUT2D eigenvalue weighted by Gasteiger charge is -2.08. The van der Waals surface area contributed by atoms with Gasteiger partial charge >= 0.3 is 0 Å². The van der Waals surface area contributed by atoms with Gasteiger partial charge in [-0.3, -0.25) is 5.43 Å². The maximum atomic E-state index is 4.81. The molecule has 0 unspecified atom stereocenters. The zero-order valence-electron chi connectivity index (χ0n) is 14.4. The number of aromatic amines is 1. The van der Waals surface area contributed by atoms with Crippen LogP contribution < -0.4 is 5.43 Å². The van der Waals surface area contributed by atoms with Crippen molar-refractivity contribution in [3.63, 3.8) is 0 Å². The molecule has 24 heavy (non-hydrogen) atoms. The van der Waals surface area contributed by atoms with Crippen molar-refractivity contribution in [3.05, 3.63) is 59.4 Å². The largest absolute Gasteiger partial charge is 0.341 e. The first kappa shape index (κ1) is 16.0. The van der Waals surface area contributed by atoms with E-state index in [1.54, 1.807) is 0 Å². The second kappa shape index (κ2) is 6.71. The summed E-state index contributed by atoms with van der Waals surface area (Å²) in [5.41, 5.74) is 10.5. The molecule has 0 spiro atoms. The molecule has 4 heteroatoms. The highest BCUT2D eigenvalue weighted by molar-refractivity contribution is 5.80. The second-order valence-corrected chi connectivity index (χ2v) is 5.93. The molecule has 2 aromatic carbocycles. The molecule has 0 saturated carbocycles. The molecule has 3 rings (SSSR count). The van der Waals surface area contributed by atoms with E-state index in [9.17, 15) is 0 Å². The molecule has 0 saturated heterocycles.